The molecule has 1 aliphatic rings. The zero-order valence-corrected chi connectivity index (χ0v) is 15.7. The molecule has 0 radical (unpaired) electrons. The molecule has 0 saturated carbocycles. The van der Waals surface area contributed by atoms with Crippen molar-refractivity contribution in [3.63, 3.8) is 0 Å². The first-order valence-corrected chi connectivity index (χ1v) is 8.85. The van der Waals surface area contributed by atoms with E-state index in [1.54, 1.807) is 19.2 Å². The van der Waals surface area contributed by atoms with Gasteiger partial charge in [0.1, 0.15) is 6.61 Å². The van der Waals surface area contributed by atoms with Crippen molar-refractivity contribution in [3.8, 4) is 5.75 Å². The molecule has 6 heteroatoms. The largest absolute Gasteiger partial charge is 0.489 e. The molecule has 0 aliphatic carbocycles. The number of hydrogen-bond acceptors (Lipinski definition) is 3. The highest BCUT2D eigenvalue weighted by molar-refractivity contribution is 6.33. The first kappa shape index (κ1) is 18.3. The predicted octanol–water partition coefficient (Wildman–Crippen LogP) is 3.11. The van der Waals surface area contributed by atoms with E-state index in [1.165, 1.54) is 0 Å². The van der Waals surface area contributed by atoms with Gasteiger partial charge in [-0.15, -0.1) is 0 Å². The van der Waals surface area contributed by atoms with Crippen LogP contribution in [0, 0.1) is 6.92 Å². The molecule has 2 aromatic carbocycles. The van der Waals surface area contributed by atoms with Crippen molar-refractivity contribution in [2.24, 2.45) is 0 Å². The second-order valence-corrected chi connectivity index (χ2v) is 6.87. The van der Waals surface area contributed by atoms with Crippen LogP contribution in [0.3, 0.4) is 0 Å². The van der Waals surface area contributed by atoms with Crippen molar-refractivity contribution < 1.29 is 14.3 Å². The Balaban J connectivity index is 1.94. The summed E-state index contributed by atoms with van der Waals surface area (Å²) in [5, 5.41) is 5.97. The van der Waals surface area contributed by atoms with Crippen molar-refractivity contribution in [1.29, 1.82) is 0 Å². The zero-order chi connectivity index (χ0) is 18.8. The van der Waals surface area contributed by atoms with E-state index in [9.17, 15) is 9.59 Å². The fourth-order valence-corrected chi connectivity index (χ4v) is 3.24. The smallest absolute Gasteiger partial charge is 0.255 e. The van der Waals surface area contributed by atoms with Crippen molar-refractivity contribution in [2.75, 3.05) is 13.7 Å². The van der Waals surface area contributed by atoms with Gasteiger partial charge in [-0.05, 0) is 55.2 Å². The Morgan fingerprint density at radius 2 is 2.04 bits per heavy atom. The van der Waals surface area contributed by atoms with Crippen molar-refractivity contribution in [2.45, 2.75) is 26.3 Å². The van der Waals surface area contributed by atoms with Crippen LogP contribution in [0.2, 0.25) is 5.02 Å². The van der Waals surface area contributed by atoms with Crippen LogP contribution in [0.5, 0.6) is 5.75 Å². The first-order chi connectivity index (χ1) is 12.4. The number of carbonyl (C=O) groups is 2. The highest BCUT2D eigenvalue weighted by atomic mass is 35.5. The lowest BCUT2D eigenvalue weighted by molar-refractivity contribution is 0.0939. The Bertz CT molecular complexity index is 862. The number of ether oxygens (including phenoxy) is 1. The summed E-state index contributed by atoms with van der Waals surface area (Å²) in [6.45, 7) is 4.20. The Morgan fingerprint density at radius 1 is 1.35 bits per heavy atom. The van der Waals surface area contributed by atoms with Gasteiger partial charge in [0, 0.05) is 12.6 Å². The first-order valence-electron chi connectivity index (χ1n) is 8.47. The summed E-state index contributed by atoms with van der Waals surface area (Å²) >= 11 is 6.50. The Labute approximate surface area is 157 Å². The number of halogens is 1. The molecule has 3 rings (SSSR count). The zero-order valence-electron chi connectivity index (χ0n) is 15.0. The molecule has 26 heavy (non-hydrogen) atoms. The average Bonchev–Trinajstić information content (AvgIpc) is 2.77. The number of rotatable bonds is 3. The summed E-state index contributed by atoms with van der Waals surface area (Å²) < 4.78 is 5.74. The number of hydrogen-bond donors (Lipinski definition) is 2. The summed E-state index contributed by atoms with van der Waals surface area (Å²) in [4.78, 5) is 24.1. The molecule has 1 aliphatic heterocycles. The highest BCUT2D eigenvalue weighted by Gasteiger charge is 2.25. The van der Waals surface area contributed by atoms with E-state index in [1.807, 2.05) is 32.0 Å². The van der Waals surface area contributed by atoms with E-state index in [-0.39, 0.29) is 17.9 Å². The molecule has 136 valence electrons. The molecule has 1 heterocycles. The van der Waals surface area contributed by atoms with Gasteiger partial charge in [0.15, 0.2) is 5.75 Å². The van der Waals surface area contributed by atoms with Crippen LogP contribution in [0.15, 0.2) is 30.3 Å². The van der Waals surface area contributed by atoms with E-state index < -0.39 is 0 Å². The van der Waals surface area contributed by atoms with Gasteiger partial charge >= 0.3 is 0 Å². The van der Waals surface area contributed by atoms with Crippen LogP contribution < -0.4 is 15.4 Å². The molecule has 1 atom stereocenters. The van der Waals surface area contributed by atoms with Crippen molar-refractivity contribution >= 4 is 23.4 Å². The minimum atomic E-state index is -0.178. The van der Waals surface area contributed by atoms with Crippen molar-refractivity contribution in [3.05, 3.63) is 63.2 Å². The van der Waals surface area contributed by atoms with Crippen LogP contribution in [-0.4, -0.2) is 31.5 Å². The molecule has 0 fully saturated rings. The maximum atomic E-state index is 12.4. The molecule has 0 spiro atoms. The van der Waals surface area contributed by atoms with E-state index in [4.69, 9.17) is 16.3 Å². The summed E-state index contributed by atoms with van der Waals surface area (Å²) in [6, 6.07) is 9.14. The highest BCUT2D eigenvalue weighted by Crippen LogP contribution is 2.36. The van der Waals surface area contributed by atoms with Gasteiger partial charge in [0.2, 0.25) is 0 Å². The van der Waals surface area contributed by atoms with Crippen LogP contribution in [0.25, 0.3) is 0 Å². The third-order valence-electron chi connectivity index (χ3n) is 4.51. The van der Waals surface area contributed by atoms with Gasteiger partial charge in [0.05, 0.1) is 16.6 Å². The van der Waals surface area contributed by atoms with Crippen LogP contribution in [-0.2, 0) is 6.42 Å². The van der Waals surface area contributed by atoms with E-state index >= 15 is 0 Å². The lowest BCUT2D eigenvalue weighted by Crippen LogP contribution is -2.33. The lowest BCUT2D eigenvalue weighted by Gasteiger charge is -2.15. The van der Waals surface area contributed by atoms with Gasteiger partial charge < -0.3 is 15.4 Å². The molecule has 0 saturated heterocycles. The van der Waals surface area contributed by atoms with Gasteiger partial charge in [-0.25, -0.2) is 0 Å². The Kier molecular flexibility index (Phi) is 5.18. The minimum absolute atomic E-state index is 0.0769. The second-order valence-electron chi connectivity index (χ2n) is 6.49. The summed E-state index contributed by atoms with van der Waals surface area (Å²) in [7, 11) is 1.60. The maximum absolute atomic E-state index is 12.4. The minimum Gasteiger partial charge on any atom is -0.489 e. The second kappa shape index (κ2) is 7.38. The molecular weight excluding hydrogens is 352 g/mol. The number of amides is 2. The molecule has 2 aromatic rings. The monoisotopic (exact) mass is 372 g/mol. The molecule has 5 nitrogen and oxygen atoms in total. The SMILES string of the molecule is CNC(=O)c1ccc(Cc2cc3c(c(Cl)c2C)OC[C@@H](C)NC3=O)cc1. The number of fused-ring (bicyclic) bond motifs is 1. The number of carbonyl (C=O) groups excluding carboxylic acids is 2. The van der Waals surface area contributed by atoms with E-state index in [2.05, 4.69) is 10.6 Å². The Hall–Kier alpha value is -2.53. The van der Waals surface area contributed by atoms with Crippen LogP contribution in [0.4, 0.5) is 0 Å². The van der Waals surface area contributed by atoms with Crippen LogP contribution in [0.1, 0.15) is 44.3 Å². The standard InChI is InChI=1S/C20H21ClN2O3/c1-11-10-26-18-16(20(25)23-11)9-15(12(2)17(18)21)8-13-4-6-14(7-5-13)19(24)22-3/h4-7,9,11H,8,10H2,1-3H3,(H,22,24)(H,23,25)/t11-/m1/s1. The van der Waals surface area contributed by atoms with Crippen LogP contribution >= 0.6 is 11.6 Å². The van der Waals surface area contributed by atoms with E-state index in [0.29, 0.717) is 34.9 Å². The molecular formula is C20H21ClN2O3. The fraction of sp³-hybridized carbons (Fsp3) is 0.300. The van der Waals surface area contributed by atoms with Gasteiger partial charge in [-0.3, -0.25) is 9.59 Å². The third kappa shape index (κ3) is 3.53. The quantitative estimate of drug-likeness (QED) is 0.869. The molecule has 0 aromatic heterocycles. The molecule has 0 bridgehead atoms. The summed E-state index contributed by atoms with van der Waals surface area (Å²) in [6.07, 6.45) is 0.607. The fourth-order valence-electron chi connectivity index (χ4n) is 2.96. The Morgan fingerprint density at radius 3 is 2.69 bits per heavy atom. The molecule has 2 N–H and O–H groups in total. The third-order valence-corrected chi connectivity index (χ3v) is 4.97. The van der Waals surface area contributed by atoms with Gasteiger partial charge in [-0.2, -0.15) is 0 Å². The van der Waals surface area contributed by atoms with E-state index in [0.717, 1.165) is 16.7 Å². The molecule has 0 unspecified atom stereocenters. The lowest BCUT2D eigenvalue weighted by atomic mass is 9.96. The van der Waals surface area contributed by atoms with Gasteiger partial charge in [0.25, 0.3) is 11.8 Å². The van der Waals surface area contributed by atoms with Gasteiger partial charge in [-0.1, -0.05) is 23.7 Å². The molecule has 2 amide bonds. The average molecular weight is 373 g/mol. The topological polar surface area (TPSA) is 67.4 Å². The number of nitrogens with one attached hydrogen (secondary N) is 2. The maximum Gasteiger partial charge on any atom is 0.255 e. The number of benzene rings is 2. The summed E-state index contributed by atoms with van der Waals surface area (Å²) in [5.41, 5.74) is 3.94. The summed E-state index contributed by atoms with van der Waals surface area (Å²) in [5.74, 6) is 0.150. The predicted molar refractivity (Wildman–Crippen MR) is 101 cm³/mol. The van der Waals surface area contributed by atoms with Crippen molar-refractivity contribution in [1.82, 2.24) is 10.6 Å². The normalized spacial score (nSPS) is 16.2.